The highest BCUT2D eigenvalue weighted by molar-refractivity contribution is 6.12. The van der Waals surface area contributed by atoms with E-state index in [4.69, 9.17) is 14.2 Å². The summed E-state index contributed by atoms with van der Waals surface area (Å²) in [6.07, 6.45) is 1.51. The van der Waals surface area contributed by atoms with Crippen molar-refractivity contribution in [3.8, 4) is 11.5 Å². The highest BCUT2D eigenvalue weighted by Crippen LogP contribution is 2.30. The van der Waals surface area contributed by atoms with Crippen molar-refractivity contribution in [1.82, 2.24) is 4.90 Å². The van der Waals surface area contributed by atoms with Crippen LogP contribution in [0.5, 0.6) is 11.5 Å². The molecular formula is C22H21FN2O5. The zero-order chi connectivity index (χ0) is 21.7. The first-order valence-electron chi connectivity index (χ1n) is 9.26. The second kappa shape index (κ2) is 9.21. The number of nitrogens with zero attached hydrogens (tertiary/aromatic N) is 2. The first kappa shape index (κ1) is 21.0. The fraction of sp³-hybridized carbons (Fsp3) is 0.227. The summed E-state index contributed by atoms with van der Waals surface area (Å²) in [5.74, 6) is -0.661. The third-order valence-electron chi connectivity index (χ3n) is 4.15. The molecule has 0 saturated heterocycles. The highest BCUT2D eigenvalue weighted by atomic mass is 19.1. The number of esters is 1. The number of likely N-dealkylation sites (N-methyl/N-ethyl adjacent to an activating group) is 1. The van der Waals surface area contributed by atoms with Crippen LogP contribution in [0.1, 0.15) is 18.1 Å². The first-order valence-corrected chi connectivity index (χ1v) is 9.26. The maximum absolute atomic E-state index is 13.9. The monoisotopic (exact) mass is 412 g/mol. The van der Waals surface area contributed by atoms with Crippen molar-refractivity contribution in [1.29, 1.82) is 0 Å². The molecule has 1 amide bonds. The predicted octanol–water partition coefficient (Wildman–Crippen LogP) is 3.04. The molecule has 7 nitrogen and oxygen atoms in total. The smallest absolute Gasteiger partial charge is 0.363 e. The van der Waals surface area contributed by atoms with Gasteiger partial charge < -0.3 is 19.1 Å². The van der Waals surface area contributed by atoms with Crippen LogP contribution in [-0.2, 0) is 14.3 Å². The number of carbonyl (C=O) groups is 2. The Morgan fingerprint density at radius 3 is 2.63 bits per heavy atom. The average molecular weight is 412 g/mol. The van der Waals surface area contributed by atoms with E-state index in [-0.39, 0.29) is 29.7 Å². The van der Waals surface area contributed by atoms with Crippen LogP contribution >= 0.6 is 0 Å². The molecule has 30 heavy (non-hydrogen) atoms. The van der Waals surface area contributed by atoms with Crippen molar-refractivity contribution in [3.63, 3.8) is 0 Å². The third-order valence-corrected chi connectivity index (χ3v) is 4.15. The van der Waals surface area contributed by atoms with Gasteiger partial charge in [-0.3, -0.25) is 4.79 Å². The molecule has 0 atom stereocenters. The number of cyclic esters (lactones) is 1. The Bertz CT molecular complexity index is 1030. The van der Waals surface area contributed by atoms with Gasteiger partial charge in [0.05, 0.1) is 12.2 Å². The zero-order valence-corrected chi connectivity index (χ0v) is 16.8. The minimum absolute atomic E-state index is 0.0344. The van der Waals surface area contributed by atoms with E-state index in [0.717, 1.165) is 0 Å². The van der Waals surface area contributed by atoms with Gasteiger partial charge >= 0.3 is 5.97 Å². The van der Waals surface area contributed by atoms with Crippen molar-refractivity contribution in [3.05, 3.63) is 65.1 Å². The van der Waals surface area contributed by atoms with Crippen LogP contribution in [0.25, 0.3) is 6.08 Å². The van der Waals surface area contributed by atoms with E-state index in [2.05, 4.69) is 4.99 Å². The number of ether oxygens (including phenoxy) is 3. The molecule has 0 aliphatic carbocycles. The fourth-order valence-electron chi connectivity index (χ4n) is 2.59. The zero-order valence-electron chi connectivity index (χ0n) is 16.8. The van der Waals surface area contributed by atoms with Gasteiger partial charge in [-0.2, -0.15) is 0 Å². The molecule has 1 heterocycles. The van der Waals surface area contributed by atoms with E-state index >= 15 is 0 Å². The molecular weight excluding hydrogens is 391 g/mol. The van der Waals surface area contributed by atoms with Crippen LogP contribution in [0.15, 0.2) is 53.2 Å². The number of halogens is 1. The molecule has 0 bridgehead atoms. The second-order valence-electron chi connectivity index (χ2n) is 6.53. The van der Waals surface area contributed by atoms with E-state index in [9.17, 15) is 14.0 Å². The normalized spacial score (nSPS) is 14.3. The van der Waals surface area contributed by atoms with Gasteiger partial charge in [-0.15, -0.1) is 0 Å². The molecule has 156 valence electrons. The summed E-state index contributed by atoms with van der Waals surface area (Å²) in [5.41, 5.74) is 0.751. The van der Waals surface area contributed by atoms with E-state index in [1.54, 1.807) is 38.4 Å². The topological polar surface area (TPSA) is 77.4 Å². The number of aliphatic imine (C=N–C) groups is 1. The van der Waals surface area contributed by atoms with Gasteiger partial charge in [0, 0.05) is 14.1 Å². The van der Waals surface area contributed by atoms with Crippen LogP contribution in [0.4, 0.5) is 4.39 Å². The summed E-state index contributed by atoms with van der Waals surface area (Å²) in [5, 5.41) is 0. The first-order chi connectivity index (χ1) is 14.4. The maximum Gasteiger partial charge on any atom is 0.363 e. The third kappa shape index (κ3) is 4.83. The molecule has 0 aromatic heterocycles. The van der Waals surface area contributed by atoms with Gasteiger partial charge in [0.2, 0.25) is 5.90 Å². The Hall–Kier alpha value is -3.68. The van der Waals surface area contributed by atoms with Crippen LogP contribution in [0, 0.1) is 5.82 Å². The largest absolute Gasteiger partial charge is 0.490 e. The molecule has 0 saturated carbocycles. The Kier molecular flexibility index (Phi) is 6.46. The number of hydrogen-bond donors (Lipinski definition) is 0. The van der Waals surface area contributed by atoms with E-state index in [0.29, 0.717) is 23.7 Å². The summed E-state index contributed by atoms with van der Waals surface area (Å²) in [7, 11) is 3.28. The molecule has 8 heteroatoms. The van der Waals surface area contributed by atoms with Gasteiger partial charge in [0.25, 0.3) is 5.91 Å². The lowest BCUT2D eigenvalue weighted by Gasteiger charge is -2.14. The second-order valence-corrected chi connectivity index (χ2v) is 6.53. The lowest BCUT2D eigenvalue weighted by Crippen LogP contribution is -2.27. The Morgan fingerprint density at radius 2 is 1.93 bits per heavy atom. The number of hydrogen-bond acceptors (Lipinski definition) is 6. The molecule has 0 radical (unpaired) electrons. The number of carbonyl (C=O) groups excluding carboxylic acids is 2. The van der Waals surface area contributed by atoms with Gasteiger partial charge in [0.15, 0.2) is 23.8 Å². The standard InChI is InChI=1S/C22H21FN2O5/c1-4-28-19-12-14(9-10-18(19)29-13-20(26)25(2)3)11-17-22(27)30-21(24-17)15-7-5-6-8-16(15)23/h5-12H,4,13H2,1-3H3/b17-11-. The van der Waals surface area contributed by atoms with Crippen LogP contribution in [-0.4, -0.2) is 50.0 Å². The minimum Gasteiger partial charge on any atom is -0.490 e. The van der Waals surface area contributed by atoms with Crippen LogP contribution in [0.3, 0.4) is 0 Å². The highest BCUT2D eigenvalue weighted by Gasteiger charge is 2.26. The molecule has 1 aliphatic rings. The SMILES string of the molecule is CCOc1cc(/C=C2\N=C(c3ccccc3F)OC2=O)ccc1OCC(=O)N(C)C. The summed E-state index contributed by atoms with van der Waals surface area (Å²) in [6, 6.07) is 10.9. The van der Waals surface area contributed by atoms with Crippen molar-refractivity contribution in [2.45, 2.75) is 6.92 Å². The van der Waals surface area contributed by atoms with Gasteiger partial charge in [0.1, 0.15) is 5.82 Å². The maximum atomic E-state index is 13.9. The Morgan fingerprint density at radius 1 is 1.17 bits per heavy atom. The molecule has 3 rings (SSSR count). The predicted molar refractivity (Wildman–Crippen MR) is 109 cm³/mol. The van der Waals surface area contributed by atoms with Crippen molar-refractivity contribution in [2.24, 2.45) is 4.99 Å². The molecule has 0 spiro atoms. The van der Waals surface area contributed by atoms with Crippen molar-refractivity contribution in [2.75, 3.05) is 27.3 Å². The Labute approximate surface area is 173 Å². The van der Waals surface area contributed by atoms with Gasteiger partial charge in [-0.05, 0) is 42.8 Å². The molecule has 1 aliphatic heterocycles. The summed E-state index contributed by atoms with van der Waals surface area (Å²) < 4.78 is 30.2. The fourth-order valence-corrected chi connectivity index (χ4v) is 2.59. The van der Waals surface area contributed by atoms with Crippen molar-refractivity contribution >= 4 is 23.9 Å². The average Bonchev–Trinajstić information content (AvgIpc) is 3.07. The molecule has 0 fully saturated rings. The molecule has 0 N–H and O–H groups in total. The summed E-state index contributed by atoms with van der Waals surface area (Å²) >= 11 is 0. The van der Waals surface area contributed by atoms with Gasteiger partial charge in [-0.25, -0.2) is 14.2 Å². The van der Waals surface area contributed by atoms with Crippen LogP contribution in [0.2, 0.25) is 0 Å². The lowest BCUT2D eigenvalue weighted by molar-refractivity contribution is -0.131. The Balaban J connectivity index is 1.85. The molecule has 0 unspecified atom stereocenters. The van der Waals surface area contributed by atoms with Crippen LogP contribution < -0.4 is 9.47 Å². The lowest BCUT2D eigenvalue weighted by atomic mass is 10.1. The number of rotatable bonds is 7. The quantitative estimate of drug-likeness (QED) is 0.516. The summed E-state index contributed by atoms with van der Waals surface area (Å²) in [4.78, 5) is 29.5. The molecule has 2 aromatic carbocycles. The minimum atomic E-state index is -0.678. The van der Waals surface area contributed by atoms with E-state index in [1.807, 2.05) is 6.92 Å². The van der Waals surface area contributed by atoms with E-state index in [1.165, 1.54) is 29.2 Å². The summed E-state index contributed by atoms with van der Waals surface area (Å²) in [6.45, 7) is 2.07. The number of benzene rings is 2. The number of amides is 1. The van der Waals surface area contributed by atoms with Crippen molar-refractivity contribution < 1.29 is 28.2 Å². The molecule has 2 aromatic rings. The van der Waals surface area contributed by atoms with E-state index < -0.39 is 11.8 Å². The van der Waals surface area contributed by atoms with Gasteiger partial charge in [-0.1, -0.05) is 18.2 Å².